The van der Waals surface area contributed by atoms with Gasteiger partial charge in [-0.15, -0.1) is 0 Å². The van der Waals surface area contributed by atoms with E-state index in [-0.39, 0.29) is 17.7 Å². The van der Waals surface area contributed by atoms with Gasteiger partial charge in [-0.25, -0.2) is 0 Å². The van der Waals surface area contributed by atoms with E-state index < -0.39 is 28.2 Å². The molecule has 6 nitrogen and oxygen atoms in total. The van der Waals surface area contributed by atoms with Crippen LogP contribution in [0.1, 0.15) is 26.7 Å². The number of ketones is 3. The molecule has 0 aromatic rings. The molecule has 0 aromatic carbocycles. The normalized spacial score (nSPS) is 14.8. The van der Waals surface area contributed by atoms with E-state index in [2.05, 4.69) is 0 Å². The van der Waals surface area contributed by atoms with Gasteiger partial charge in [0.1, 0.15) is 17.5 Å². The lowest BCUT2D eigenvalue weighted by atomic mass is 9.87. The fourth-order valence-electron chi connectivity index (χ4n) is 1.88. The molecule has 0 amide bonds. The average molecular weight is 251 g/mol. The van der Waals surface area contributed by atoms with Gasteiger partial charge < -0.3 is 0 Å². The van der Waals surface area contributed by atoms with Crippen LogP contribution >= 0.6 is 0 Å². The van der Waals surface area contributed by atoms with Crippen molar-refractivity contribution >= 4 is 17.3 Å². The summed E-state index contributed by atoms with van der Waals surface area (Å²) in [5.74, 6) is -3.40. The maximum Gasteiger partial charge on any atom is 0.257 e. The van der Waals surface area contributed by atoms with Crippen LogP contribution < -0.4 is 0 Å². The van der Waals surface area contributed by atoms with E-state index in [1.807, 2.05) is 0 Å². The van der Waals surface area contributed by atoms with Crippen molar-refractivity contribution in [2.24, 2.45) is 5.92 Å². The van der Waals surface area contributed by atoms with E-state index in [0.29, 0.717) is 6.42 Å². The van der Waals surface area contributed by atoms with Gasteiger partial charge in [0.05, 0.1) is 10.5 Å². The number of rotatable bonds is 5. The molecule has 0 aliphatic heterocycles. The van der Waals surface area contributed by atoms with Gasteiger partial charge in [-0.05, 0) is 26.3 Å². The van der Waals surface area contributed by atoms with Crippen LogP contribution in [0.2, 0.25) is 0 Å². The fourth-order valence-corrected chi connectivity index (χ4v) is 1.88. The van der Waals surface area contributed by atoms with E-state index in [9.17, 15) is 24.5 Å². The Hall–Kier alpha value is -2.11. The molecule has 1 rings (SSSR count). The van der Waals surface area contributed by atoms with Crippen molar-refractivity contribution in [2.45, 2.75) is 26.7 Å². The first kappa shape index (κ1) is 14.0. The summed E-state index contributed by atoms with van der Waals surface area (Å²) in [6.45, 7) is 2.26. The fraction of sp³-hybridized carbons (Fsp3) is 0.417. The first-order chi connectivity index (χ1) is 8.36. The maximum absolute atomic E-state index is 12.0. The standard InChI is InChI=1S/C12H13NO5/c1-7(14)11(8(2)15)12(16)9-5-3-4-6-10(9)13(17)18/h3,5,11H,4,6H2,1-2H3. The second-order valence-electron chi connectivity index (χ2n) is 4.08. The van der Waals surface area contributed by atoms with Crippen molar-refractivity contribution in [3.05, 3.63) is 33.5 Å². The van der Waals surface area contributed by atoms with Crippen LogP contribution in [0.5, 0.6) is 0 Å². The van der Waals surface area contributed by atoms with Crippen molar-refractivity contribution in [3.8, 4) is 0 Å². The van der Waals surface area contributed by atoms with Crippen LogP contribution in [0.4, 0.5) is 0 Å². The molecule has 0 saturated carbocycles. The molecule has 1 aliphatic carbocycles. The van der Waals surface area contributed by atoms with E-state index in [4.69, 9.17) is 0 Å². The summed E-state index contributed by atoms with van der Waals surface area (Å²) in [7, 11) is 0. The Kier molecular flexibility index (Phi) is 4.25. The molecule has 0 aromatic heterocycles. The minimum absolute atomic E-state index is 0.132. The zero-order chi connectivity index (χ0) is 13.9. The zero-order valence-corrected chi connectivity index (χ0v) is 10.1. The molecule has 0 fully saturated rings. The topological polar surface area (TPSA) is 94.3 Å². The van der Waals surface area contributed by atoms with Crippen LogP contribution in [0.25, 0.3) is 0 Å². The van der Waals surface area contributed by atoms with Crippen LogP contribution in [0.3, 0.4) is 0 Å². The lowest BCUT2D eigenvalue weighted by molar-refractivity contribution is -0.428. The first-order valence-electron chi connectivity index (χ1n) is 5.45. The van der Waals surface area contributed by atoms with E-state index in [1.54, 1.807) is 6.08 Å². The molecule has 0 unspecified atom stereocenters. The maximum atomic E-state index is 12.0. The third-order valence-electron chi connectivity index (χ3n) is 2.70. The Morgan fingerprint density at radius 3 is 2.28 bits per heavy atom. The molecule has 0 heterocycles. The highest BCUT2D eigenvalue weighted by Crippen LogP contribution is 2.23. The number of nitro groups is 1. The van der Waals surface area contributed by atoms with Gasteiger partial charge in [0.2, 0.25) is 0 Å². The van der Waals surface area contributed by atoms with E-state index in [1.165, 1.54) is 6.08 Å². The largest absolute Gasteiger partial charge is 0.299 e. The Labute approximate surface area is 104 Å². The summed E-state index contributed by atoms with van der Waals surface area (Å²) in [5, 5.41) is 10.8. The van der Waals surface area contributed by atoms with Crippen LogP contribution in [-0.4, -0.2) is 22.3 Å². The Balaban J connectivity index is 3.22. The Morgan fingerprint density at radius 2 is 1.83 bits per heavy atom. The van der Waals surface area contributed by atoms with Gasteiger partial charge >= 0.3 is 0 Å². The number of nitrogens with zero attached hydrogens (tertiary/aromatic N) is 1. The number of carbonyl (C=O) groups is 3. The summed E-state index contributed by atoms with van der Waals surface area (Å²) in [6, 6.07) is 0. The van der Waals surface area contributed by atoms with Gasteiger partial charge in [-0.2, -0.15) is 0 Å². The molecular weight excluding hydrogens is 238 g/mol. The second kappa shape index (κ2) is 5.48. The summed E-state index contributed by atoms with van der Waals surface area (Å²) < 4.78 is 0. The number of allylic oxidation sites excluding steroid dienone is 4. The number of Topliss-reactive ketones (excluding diaryl/α,β-unsaturated/α-hetero) is 3. The first-order valence-corrected chi connectivity index (χ1v) is 5.45. The predicted octanol–water partition coefficient (Wildman–Crippen LogP) is 1.23. The Bertz CT molecular complexity index is 473. The molecule has 6 heteroatoms. The van der Waals surface area contributed by atoms with Gasteiger partial charge in [0.25, 0.3) is 5.70 Å². The highest BCUT2D eigenvalue weighted by Gasteiger charge is 2.34. The molecule has 96 valence electrons. The lowest BCUT2D eigenvalue weighted by Gasteiger charge is -2.12. The van der Waals surface area contributed by atoms with Crippen molar-refractivity contribution in [3.63, 3.8) is 0 Å². The van der Waals surface area contributed by atoms with Gasteiger partial charge in [-0.3, -0.25) is 24.5 Å². The van der Waals surface area contributed by atoms with Crippen LogP contribution in [0, 0.1) is 16.0 Å². The van der Waals surface area contributed by atoms with E-state index >= 15 is 0 Å². The molecular formula is C12H13NO5. The molecule has 0 saturated heterocycles. The van der Waals surface area contributed by atoms with Gasteiger partial charge in [-0.1, -0.05) is 6.08 Å². The molecule has 0 spiro atoms. The number of hydrogen-bond donors (Lipinski definition) is 0. The predicted molar refractivity (Wildman–Crippen MR) is 62.3 cm³/mol. The second-order valence-corrected chi connectivity index (χ2v) is 4.08. The Morgan fingerprint density at radius 1 is 1.28 bits per heavy atom. The molecule has 0 radical (unpaired) electrons. The average Bonchev–Trinajstić information content (AvgIpc) is 2.27. The quantitative estimate of drug-likeness (QED) is 0.416. The third-order valence-corrected chi connectivity index (χ3v) is 2.70. The highest BCUT2D eigenvalue weighted by molar-refractivity contribution is 6.23. The van der Waals surface area contributed by atoms with Crippen LogP contribution in [0.15, 0.2) is 23.4 Å². The monoisotopic (exact) mass is 251 g/mol. The SMILES string of the molecule is CC(=O)C(C(C)=O)C(=O)C1=C([N+](=O)[O-])CCC=C1. The highest BCUT2D eigenvalue weighted by atomic mass is 16.6. The molecule has 0 N–H and O–H groups in total. The molecule has 1 aliphatic rings. The summed E-state index contributed by atoms with van der Waals surface area (Å²) >= 11 is 0. The van der Waals surface area contributed by atoms with Crippen molar-refractivity contribution in [1.29, 1.82) is 0 Å². The van der Waals surface area contributed by atoms with Gasteiger partial charge in [0.15, 0.2) is 5.78 Å². The van der Waals surface area contributed by atoms with Gasteiger partial charge in [0, 0.05) is 6.42 Å². The number of hydrogen-bond acceptors (Lipinski definition) is 5. The molecule has 18 heavy (non-hydrogen) atoms. The lowest BCUT2D eigenvalue weighted by Crippen LogP contribution is -2.31. The van der Waals surface area contributed by atoms with E-state index in [0.717, 1.165) is 13.8 Å². The van der Waals surface area contributed by atoms with Crippen molar-refractivity contribution in [1.82, 2.24) is 0 Å². The van der Waals surface area contributed by atoms with Crippen LogP contribution in [-0.2, 0) is 14.4 Å². The third kappa shape index (κ3) is 2.77. The molecule has 0 bridgehead atoms. The zero-order valence-electron chi connectivity index (χ0n) is 10.1. The summed E-state index contributed by atoms with van der Waals surface area (Å²) in [5.41, 5.74) is -0.364. The number of carbonyl (C=O) groups excluding carboxylic acids is 3. The molecule has 0 atom stereocenters. The summed E-state index contributed by atoms with van der Waals surface area (Å²) in [6.07, 6.45) is 3.55. The summed E-state index contributed by atoms with van der Waals surface area (Å²) in [4.78, 5) is 44.8. The smallest absolute Gasteiger partial charge is 0.257 e. The van der Waals surface area contributed by atoms with Crippen molar-refractivity contribution in [2.75, 3.05) is 0 Å². The minimum Gasteiger partial charge on any atom is -0.299 e. The minimum atomic E-state index is -1.43. The van der Waals surface area contributed by atoms with Crippen molar-refractivity contribution < 1.29 is 19.3 Å².